The summed E-state index contributed by atoms with van der Waals surface area (Å²) in [7, 11) is 0. The zero-order valence-corrected chi connectivity index (χ0v) is 14.7. The number of nitrogens with zero attached hydrogens (tertiary/aromatic N) is 1. The smallest absolute Gasteiger partial charge is 0.338 e. The summed E-state index contributed by atoms with van der Waals surface area (Å²) in [5.41, 5.74) is 4.88. The van der Waals surface area contributed by atoms with Crippen LogP contribution in [-0.2, 0) is 16.1 Å². The number of benzene rings is 1. The molecule has 130 valence electrons. The fraction of sp³-hybridized carbons (Fsp3) is 0.286. The van der Waals surface area contributed by atoms with E-state index in [9.17, 15) is 4.79 Å². The van der Waals surface area contributed by atoms with Crippen molar-refractivity contribution in [1.29, 1.82) is 0 Å². The van der Waals surface area contributed by atoms with Crippen molar-refractivity contribution in [3.05, 3.63) is 66.0 Å². The summed E-state index contributed by atoms with van der Waals surface area (Å²) in [6, 6.07) is 13.9. The molecule has 0 bridgehead atoms. The van der Waals surface area contributed by atoms with Crippen LogP contribution in [0.15, 0.2) is 54.9 Å². The molecule has 4 heteroatoms. The maximum absolute atomic E-state index is 12.1. The van der Waals surface area contributed by atoms with Crippen LogP contribution in [-0.4, -0.2) is 23.6 Å². The van der Waals surface area contributed by atoms with Crippen LogP contribution in [0, 0.1) is 0 Å². The number of esters is 1. The average molecular weight is 337 g/mol. The SMILES string of the molecule is CCCOCc1c(-c2ccccc2)cn2ccc(C(=O)OCC)cc12. The Balaban J connectivity index is 2.08. The number of hydrogen-bond donors (Lipinski definition) is 0. The molecule has 0 spiro atoms. The van der Waals surface area contributed by atoms with Crippen LogP contribution in [0.1, 0.15) is 36.2 Å². The number of pyridine rings is 1. The molecule has 0 unspecified atom stereocenters. The maximum atomic E-state index is 12.1. The summed E-state index contributed by atoms with van der Waals surface area (Å²) in [6.45, 7) is 5.50. The van der Waals surface area contributed by atoms with Crippen molar-refractivity contribution in [3.8, 4) is 11.1 Å². The zero-order valence-electron chi connectivity index (χ0n) is 14.7. The second-order valence-electron chi connectivity index (χ2n) is 5.87. The first-order valence-electron chi connectivity index (χ1n) is 8.68. The van der Waals surface area contributed by atoms with Crippen molar-refractivity contribution in [2.24, 2.45) is 0 Å². The molecule has 0 fully saturated rings. The van der Waals surface area contributed by atoms with E-state index in [1.807, 2.05) is 41.8 Å². The van der Waals surface area contributed by atoms with Gasteiger partial charge in [0.05, 0.1) is 24.3 Å². The Morgan fingerprint density at radius 3 is 2.64 bits per heavy atom. The summed E-state index contributed by atoms with van der Waals surface area (Å²) < 4.78 is 13.0. The molecule has 2 aromatic heterocycles. The Kier molecular flexibility index (Phi) is 5.51. The first-order valence-corrected chi connectivity index (χ1v) is 8.68. The van der Waals surface area contributed by atoms with E-state index in [2.05, 4.69) is 25.3 Å². The fourth-order valence-corrected chi connectivity index (χ4v) is 2.90. The van der Waals surface area contributed by atoms with Gasteiger partial charge in [0.15, 0.2) is 0 Å². The minimum Gasteiger partial charge on any atom is -0.462 e. The first-order chi connectivity index (χ1) is 12.2. The van der Waals surface area contributed by atoms with Crippen LogP contribution >= 0.6 is 0 Å². The van der Waals surface area contributed by atoms with Crippen molar-refractivity contribution in [1.82, 2.24) is 4.40 Å². The molecule has 1 aromatic carbocycles. The molecule has 0 aliphatic rings. The molecule has 0 saturated heterocycles. The molecule has 4 nitrogen and oxygen atoms in total. The summed E-state index contributed by atoms with van der Waals surface area (Å²) in [5, 5.41) is 0. The molecule has 0 N–H and O–H groups in total. The Labute approximate surface area is 148 Å². The highest BCUT2D eigenvalue weighted by Gasteiger charge is 2.15. The van der Waals surface area contributed by atoms with Crippen molar-refractivity contribution < 1.29 is 14.3 Å². The van der Waals surface area contributed by atoms with E-state index < -0.39 is 0 Å². The lowest BCUT2D eigenvalue weighted by atomic mass is 10.0. The van der Waals surface area contributed by atoms with Gasteiger partial charge >= 0.3 is 5.97 Å². The summed E-state index contributed by atoms with van der Waals surface area (Å²) in [4.78, 5) is 12.1. The molecule has 0 radical (unpaired) electrons. The van der Waals surface area contributed by atoms with Crippen molar-refractivity contribution in [3.63, 3.8) is 0 Å². The number of aromatic nitrogens is 1. The molecule has 3 rings (SSSR count). The van der Waals surface area contributed by atoms with Crippen LogP contribution in [0.25, 0.3) is 16.6 Å². The molecule has 3 aromatic rings. The van der Waals surface area contributed by atoms with E-state index in [-0.39, 0.29) is 5.97 Å². The molecular weight excluding hydrogens is 314 g/mol. The highest BCUT2D eigenvalue weighted by molar-refractivity contribution is 5.91. The van der Waals surface area contributed by atoms with Crippen molar-refractivity contribution in [2.45, 2.75) is 26.9 Å². The number of carbonyl (C=O) groups is 1. The van der Waals surface area contributed by atoms with Crippen LogP contribution in [0.5, 0.6) is 0 Å². The topological polar surface area (TPSA) is 39.9 Å². The van der Waals surface area contributed by atoms with E-state index in [1.165, 1.54) is 0 Å². The van der Waals surface area contributed by atoms with Crippen molar-refractivity contribution in [2.75, 3.05) is 13.2 Å². The summed E-state index contributed by atoms with van der Waals surface area (Å²) in [5.74, 6) is -0.298. The molecule has 0 atom stereocenters. The fourth-order valence-electron chi connectivity index (χ4n) is 2.90. The Hall–Kier alpha value is -2.59. The second kappa shape index (κ2) is 7.99. The second-order valence-corrected chi connectivity index (χ2v) is 5.87. The number of rotatable bonds is 7. The average Bonchev–Trinajstić information content (AvgIpc) is 3.01. The van der Waals surface area contributed by atoms with E-state index in [0.29, 0.717) is 25.4 Å². The third kappa shape index (κ3) is 3.74. The van der Waals surface area contributed by atoms with Gasteiger partial charge < -0.3 is 13.9 Å². The summed E-state index contributed by atoms with van der Waals surface area (Å²) >= 11 is 0. The molecule has 0 aliphatic heterocycles. The van der Waals surface area contributed by atoms with Crippen LogP contribution in [0.4, 0.5) is 0 Å². The quantitative estimate of drug-likeness (QED) is 0.463. The first kappa shape index (κ1) is 17.2. The molecule has 2 heterocycles. The number of hydrogen-bond acceptors (Lipinski definition) is 3. The lowest BCUT2D eigenvalue weighted by Gasteiger charge is -2.07. The summed E-state index contributed by atoms with van der Waals surface area (Å²) in [6.07, 6.45) is 4.96. The van der Waals surface area contributed by atoms with Gasteiger partial charge in [-0.15, -0.1) is 0 Å². The molecule has 25 heavy (non-hydrogen) atoms. The van der Waals surface area contributed by atoms with Gasteiger partial charge in [0.2, 0.25) is 0 Å². The predicted molar refractivity (Wildman–Crippen MR) is 98.7 cm³/mol. The third-order valence-electron chi connectivity index (χ3n) is 4.08. The lowest BCUT2D eigenvalue weighted by molar-refractivity contribution is 0.0526. The lowest BCUT2D eigenvalue weighted by Crippen LogP contribution is -2.05. The van der Waals surface area contributed by atoms with E-state index in [1.54, 1.807) is 6.07 Å². The van der Waals surface area contributed by atoms with Gasteiger partial charge in [-0.2, -0.15) is 0 Å². The Morgan fingerprint density at radius 1 is 1.12 bits per heavy atom. The van der Waals surface area contributed by atoms with E-state index >= 15 is 0 Å². The van der Waals surface area contributed by atoms with Crippen LogP contribution < -0.4 is 0 Å². The number of carbonyl (C=O) groups excluding carboxylic acids is 1. The van der Waals surface area contributed by atoms with Crippen LogP contribution in [0.2, 0.25) is 0 Å². The van der Waals surface area contributed by atoms with Gasteiger partial charge in [-0.25, -0.2) is 4.79 Å². The molecule has 0 saturated carbocycles. The standard InChI is InChI=1S/C21H23NO3/c1-3-12-24-15-19-18(16-8-6-5-7-9-16)14-22-11-10-17(13-20(19)22)21(23)25-4-2/h5-11,13-14H,3-4,12,15H2,1-2H3. The van der Waals surface area contributed by atoms with Crippen molar-refractivity contribution >= 4 is 11.5 Å². The largest absolute Gasteiger partial charge is 0.462 e. The van der Waals surface area contributed by atoms with Crippen LogP contribution in [0.3, 0.4) is 0 Å². The normalized spacial score (nSPS) is 11.0. The maximum Gasteiger partial charge on any atom is 0.338 e. The molecule has 0 amide bonds. The van der Waals surface area contributed by atoms with Gasteiger partial charge in [0.1, 0.15) is 0 Å². The van der Waals surface area contributed by atoms with Gasteiger partial charge in [-0.3, -0.25) is 0 Å². The van der Waals surface area contributed by atoms with Gasteiger partial charge in [0, 0.05) is 30.1 Å². The van der Waals surface area contributed by atoms with E-state index in [0.717, 1.165) is 28.6 Å². The minimum absolute atomic E-state index is 0.298. The number of ether oxygens (including phenoxy) is 2. The molecule has 0 aliphatic carbocycles. The Morgan fingerprint density at radius 2 is 1.92 bits per heavy atom. The van der Waals surface area contributed by atoms with Gasteiger partial charge in [-0.05, 0) is 31.0 Å². The monoisotopic (exact) mass is 337 g/mol. The molecular formula is C21H23NO3. The highest BCUT2D eigenvalue weighted by Crippen LogP contribution is 2.30. The third-order valence-corrected chi connectivity index (χ3v) is 4.08. The van der Waals surface area contributed by atoms with Gasteiger partial charge in [0.25, 0.3) is 0 Å². The predicted octanol–water partition coefficient (Wildman–Crippen LogP) is 4.71. The minimum atomic E-state index is -0.298. The zero-order chi connectivity index (χ0) is 17.6. The highest BCUT2D eigenvalue weighted by atomic mass is 16.5. The van der Waals surface area contributed by atoms with Gasteiger partial charge in [-0.1, -0.05) is 37.3 Å². The van der Waals surface area contributed by atoms with E-state index in [4.69, 9.17) is 9.47 Å². The number of fused-ring (bicyclic) bond motifs is 1. The Bertz CT molecular complexity index is 852.